The first kappa shape index (κ1) is 21.4. The predicted octanol–water partition coefficient (Wildman–Crippen LogP) is 3.46. The lowest BCUT2D eigenvalue weighted by Crippen LogP contribution is -2.37. The number of nitrogens with zero attached hydrogens (tertiary/aromatic N) is 3. The van der Waals surface area contributed by atoms with Crippen LogP contribution >= 0.6 is 11.6 Å². The van der Waals surface area contributed by atoms with Crippen molar-refractivity contribution < 1.29 is 32.7 Å². The number of aliphatic hydroxyl groups is 1. The number of hydrogen-bond acceptors (Lipinski definition) is 6. The maximum Gasteiger partial charge on any atom is 0.416 e. The van der Waals surface area contributed by atoms with Crippen molar-refractivity contribution in [3.05, 3.63) is 51.4 Å². The fourth-order valence-corrected chi connectivity index (χ4v) is 2.30. The second-order valence-electron chi connectivity index (χ2n) is 6.03. The number of benzene rings is 1. The van der Waals surface area contributed by atoms with Gasteiger partial charge >= 0.3 is 23.4 Å². The van der Waals surface area contributed by atoms with Crippen LogP contribution in [0, 0.1) is 10.1 Å². The number of nitrogens with one attached hydrogen (secondary N) is 1. The number of ether oxygens (including phenoxy) is 1. The van der Waals surface area contributed by atoms with E-state index >= 15 is 0 Å². The standard InChI is InChI=1S/C15H14ClF3N4O5/c1-14(25,7-22-6-11(23(26)27)21-12(22)16)8-28-13(24)20-10-4-2-9(3-5-10)15(17,18)19/h2-6,25H,7-8H2,1H3,(H,20,24)/t14-/m1/s1. The van der Waals surface area contributed by atoms with Crippen molar-refractivity contribution in [2.45, 2.75) is 25.2 Å². The fraction of sp³-hybridized carbons (Fsp3) is 0.333. The molecule has 1 aromatic carbocycles. The van der Waals surface area contributed by atoms with Gasteiger partial charge in [-0.15, -0.1) is 0 Å². The van der Waals surface area contributed by atoms with E-state index in [1.807, 2.05) is 0 Å². The van der Waals surface area contributed by atoms with Gasteiger partial charge in [0.15, 0.2) is 0 Å². The van der Waals surface area contributed by atoms with Gasteiger partial charge in [0.25, 0.3) is 0 Å². The molecule has 1 atom stereocenters. The van der Waals surface area contributed by atoms with Crippen LogP contribution in [0.4, 0.5) is 29.5 Å². The van der Waals surface area contributed by atoms with E-state index in [2.05, 4.69) is 10.3 Å². The lowest BCUT2D eigenvalue weighted by Gasteiger charge is -2.23. The number of amides is 1. The Bertz CT molecular complexity index is 868. The molecule has 13 heteroatoms. The maximum absolute atomic E-state index is 12.5. The van der Waals surface area contributed by atoms with Gasteiger partial charge in [-0.3, -0.25) is 9.88 Å². The van der Waals surface area contributed by atoms with E-state index in [9.17, 15) is 33.2 Å². The van der Waals surface area contributed by atoms with Crippen molar-refractivity contribution in [1.29, 1.82) is 0 Å². The lowest BCUT2D eigenvalue weighted by molar-refractivity contribution is -0.389. The molecule has 0 saturated carbocycles. The minimum absolute atomic E-state index is 0.0610. The van der Waals surface area contributed by atoms with Crippen molar-refractivity contribution >= 4 is 29.2 Å². The molecule has 0 radical (unpaired) electrons. The minimum Gasteiger partial charge on any atom is -0.446 e. The SMILES string of the molecule is C[C@](O)(COC(=O)Nc1ccc(C(F)(F)F)cc1)Cn1cc([N+](=O)[O-])nc1Cl. The molecule has 152 valence electrons. The highest BCUT2D eigenvalue weighted by Gasteiger charge is 2.30. The number of carbonyl (C=O) groups is 1. The highest BCUT2D eigenvalue weighted by atomic mass is 35.5. The van der Waals surface area contributed by atoms with Crippen molar-refractivity contribution in [3.8, 4) is 0 Å². The van der Waals surface area contributed by atoms with Gasteiger partial charge in [0.1, 0.15) is 18.4 Å². The molecule has 1 amide bonds. The molecule has 2 aromatic rings. The number of carbonyl (C=O) groups excluding carboxylic acids is 1. The van der Waals surface area contributed by atoms with E-state index in [4.69, 9.17) is 16.3 Å². The molecular weight excluding hydrogens is 409 g/mol. The van der Waals surface area contributed by atoms with Crippen molar-refractivity contribution in [3.63, 3.8) is 0 Å². The van der Waals surface area contributed by atoms with Crippen LogP contribution in [-0.4, -0.2) is 37.9 Å². The van der Waals surface area contributed by atoms with Crippen LogP contribution < -0.4 is 5.32 Å². The van der Waals surface area contributed by atoms with Gasteiger partial charge in [0.2, 0.25) is 0 Å². The Labute approximate surface area is 160 Å². The van der Waals surface area contributed by atoms with Gasteiger partial charge < -0.3 is 20.0 Å². The summed E-state index contributed by atoms with van der Waals surface area (Å²) in [5.41, 5.74) is -2.47. The quantitative estimate of drug-likeness (QED) is 0.543. The summed E-state index contributed by atoms with van der Waals surface area (Å²) < 4.78 is 43.4. The Kier molecular flexibility index (Phi) is 6.14. The fourth-order valence-electron chi connectivity index (χ4n) is 2.11. The first-order chi connectivity index (χ1) is 12.9. The molecule has 0 bridgehead atoms. The van der Waals surface area contributed by atoms with Gasteiger partial charge in [0, 0.05) is 5.69 Å². The number of alkyl halides is 3. The molecule has 1 aromatic heterocycles. The first-order valence-corrected chi connectivity index (χ1v) is 7.96. The zero-order valence-corrected chi connectivity index (χ0v) is 15.0. The Morgan fingerprint density at radius 1 is 1.39 bits per heavy atom. The van der Waals surface area contributed by atoms with E-state index < -0.39 is 40.8 Å². The average Bonchev–Trinajstić information content (AvgIpc) is 2.93. The van der Waals surface area contributed by atoms with Crippen molar-refractivity contribution in [2.75, 3.05) is 11.9 Å². The van der Waals surface area contributed by atoms with Gasteiger partial charge in [-0.05, 0) is 52.7 Å². The summed E-state index contributed by atoms with van der Waals surface area (Å²) >= 11 is 5.75. The molecule has 0 spiro atoms. The third-order valence-corrected chi connectivity index (χ3v) is 3.69. The number of aromatic nitrogens is 2. The largest absolute Gasteiger partial charge is 0.446 e. The summed E-state index contributed by atoms with van der Waals surface area (Å²) in [6.07, 6.45) is -4.50. The van der Waals surface area contributed by atoms with Gasteiger partial charge in [-0.1, -0.05) is 0 Å². The van der Waals surface area contributed by atoms with Gasteiger partial charge in [-0.2, -0.15) is 13.2 Å². The minimum atomic E-state index is -4.50. The van der Waals surface area contributed by atoms with Crippen molar-refractivity contribution in [1.82, 2.24) is 9.55 Å². The zero-order chi connectivity index (χ0) is 21.1. The summed E-state index contributed by atoms with van der Waals surface area (Å²) in [6.45, 7) is 0.503. The molecule has 0 fully saturated rings. The summed E-state index contributed by atoms with van der Waals surface area (Å²) in [6, 6.07) is 3.68. The Balaban J connectivity index is 1.91. The topological polar surface area (TPSA) is 120 Å². The number of nitro groups is 1. The summed E-state index contributed by atoms with van der Waals surface area (Å²) in [7, 11) is 0. The number of hydrogen-bond donors (Lipinski definition) is 2. The second kappa shape index (κ2) is 8.02. The molecule has 0 aliphatic heterocycles. The maximum atomic E-state index is 12.5. The highest BCUT2D eigenvalue weighted by Crippen LogP contribution is 2.29. The predicted molar refractivity (Wildman–Crippen MR) is 90.9 cm³/mol. The van der Waals surface area contributed by atoms with Gasteiger partial charge in [0.05, 0.1) is 12.1 Å². The van der Waals surface area contributed by atoms with E-state index in [0.717, 1.165) is 35.0 Å². The first-order valence-electron chi connectivity index (χ1n) is 7.58. The zero-order valence-electron chi connectivity index (χ0n) is 14.2. The van der Waals surface area contributed by atoms with Crippen LogP contribution in [0.5, 0.6) is 0 Å². The molecule has 0 saturated heterocycles. The summed E-state index contributed by atoms with van der Waals surface area (Å²) in [4.78, 5) is 25.1. The monoisotopic (exact) mass is 422 g/mol. The molecule has 0 aliphatic carbocycles. The lowest BCUT2D eigenvalue weighted by atomic mass is 10.1. The van der Waals surface area contributed by atoms with Crippen LogP contribution in [0.25, 0.3) is 0 Å². The number of halogens is 4. The van der Waals surface area contributed by atoms with Crippen LogP contribution in [0.3, 0.4) is 0 Å². The van der Waals surface area contributed by atoms with Crippen LogP contribution in [0.15, 0.2) is 30.5 Å². The molecule has 2 N–H and O–H groups in total. The van der Waals surface area contributed by atoms with Crippen LogP contribution in [0.2, 0.25) is 5.28 Å². The molecule has 2 rings (SSSR count). The second-order valence-corrected chi connectivity index (χ2v) is 6.36. The molecule has 28 heavy (non-hydrogen) atoms. The van der Waals surface area contributed by atoms with E-state index in [1.165, 1.54) is 6.92 Å². The third-order valence-electron chi connectivity index (χ3n) is 3.39. The average molecular weight is 423 g/mol. The Morgan fingerprint density at radius 3 is 2.50 bits per heavy atom. The number of rotatable bonds is 6. The van der Waals surface area contributed by atoms with E-state index in [1.54, 1.807) is 0 Å². The summed E-state index contributed by atoms with van der Waals surface area (Å²) in [5.74, 6) is -0.512. The van der Waals surface area contributed by atoms with E-state index in [0.29, 0.717) is 0 Å². The van der Waals surface area contributed by atoms with Crippen molar-refractivity contribution in [2.24, 2.45) is 0 Å². The Hall–Kier alpha value is -2.86. The number of anilines is 1. The molecule has 9 nitrogen and oxygen atoms in total. The smallest absolute Gasteiger partial charge is 0.416 e. The Morgan fingerprint density at radius 2 is 2.00 bits per heavy atom. The van der Waals surface area contributed by atoms with Gasteiger partial charge in [-0.25, -0.2) is 4.79 Å². The van der Waals surface area contributed by atoms with Crippen LogP contribution in [-0.2, 0) is 17.5 Å². The van der Waals surface area contributed by atoms with Crippen LogP contribution in [0.1, 0.15) is 12.5 Å². The summed E-state index contributed by atoms with van der Waals surface area (Å²) in [5, 5.41) is 22.9. The highest BCUT2D eigenvalue weighted by molar-refractivity contribution is 6.28. The molecule has 0 unspecified atom stereocenters. The van der Waals surface area contributed by atoms with E-state index in [-0.39, 0.29) is 17.5 Å². The number of imidazole rings is 1. The molecular formula is C15H14ClF3N4O5. The normalized spacial score (nSPS) is 13.6. The molecule has 1 heterocycles. The third kappa shape index (κ3) is 5.82. The molecule has 0 aliphatic rings.